The number of fused-ring (bicyclic) bond motifs is 3. The van der Waals surface area contributed by atoms with E-state index >= 15 is 0 Å². The Morgan fingerprint density at radius 3 is 2.67 bits per heavy atom. The number of carbonyl (C=O) groups is 4. The molecule has 0 bridgehead atoms. The zero-order chi connectivity index (χ0) is 21.3. The highest BCUT2D eigenvalue weighted by molar-refractivity contribution is 8.02. The second kappa shape index (κ2) is 7.83. The molecule has 154 valence electrons. The van der Waals surface area contributed by atoms with Gasteiger partial charge in [-0.15, -0.1) is 0 Å². The third-order valence-electron chi connectivity index (χ3n) is 4.93. The van der Waals surface area contributed by atoms with Crippen LogP contribution in [0.25, 0.3) is 0 Å². The van der Waals surface area contributed by atoms with Gasteiger partial charge >= 0.3 is 11.9 Å². The molecule has 0 unspecified atom stereocenters. The van der Waals surface area contributed by atoms with Crippen molar-refractivity contribution in [3.8, 4) is 0 Å². The standard InChI is InChI=1S/C21H18N2O6S/c1-28-19(26)13-6-2-3-7-14(13)22-17(24)12-29-20(27)21-11-10-18(25)23(21)15-8-4-5-9-16(15)30-21/h2-9H,10-12H2,1H3,(H,22,24)/t21-/m1/s1. The number of amides is 2. The van der Waals surface area contributed by atoms with Crippen LogP contribution in [0.5, 0.6) is 0 Å². The average Bonchev–Trinajstić information content (AvgIpc) is 3.27. The molecule has 8 nitrogen and oxygen atoms in total. The van der Waals surface area contributed by atoms with Gasteiger partial charge in [-0.3, -0.25) is 14.5 Å². The predicted octanol–water partition coefficient (Wildman–Crippen LogP) is 2.58. The summed E-state index contributed by atoms with van der Waals surface area (Å²) >= 11 is 1.27. The highest BCUT2D eigenvalue weighted by Crippen LogP contribution is 2.56. The Bertz CT molecular complexity index is 1060. The van der Waals surface area contributed by atoms with E-state index in [1.807, 2.05) is 12.1 Å². The lowest BCUT2D eigenvalue weighted by atomic mass is 10.2. The zero-order valence-corrected chi connectivity index (χ0v) is 16.9. The summed E-state index contributed by atoms with van der Waals surface area (Å²) in [5.74, 6) is -2.00. The van der Waals surface area contributed by atoms with E-state index in [0.29, 0.717) is 12.1 Å². The first kappa shape index (κ1) is 20.0. The molecule has 2 aromatic carbocycles. The quantitative estimate of drug-likeness (QED) is 0.733. The number of carbonyl (C=O) groups excluding carboxylic acids is 4. The van der Waals surface area contributed by atoms with E-state index in [1.54, 1.807) is 30.3 Å². The van der Waals surface area contributed by atoms with Crippen molar-refractivity contribution in [2.24, 2.45) is 0 Å². The van der Waals surface area contributed by atoms with Gasteiger partial charge in [-0.25, -0.2) is 9.59 Å². The molecule has 2 aromatic rings. The van der Waals surface area contributed by atoms with Gasteiger partial charge in [0.25, 0.3) is 5.91 Å². The predicted molar refractivity (Wildman–Crippen MR) is 109 cm³/mol. The van der Waals surface area contributed by atoms with Crippen molar-refractivity contribution in [1.29, 1.82) is 0 Å². The Balaban J connectivity index is 1.45. The largest absolute Gasteiger partial charge is 0.465 e. The number of hydrogen-bond donors (Lipinski definition) is 1. The van der Waals surface area contributed by atoms with Crippen LogP contribution < -0.4 is 10.2 Å². The Hall–Kier alpha value is -3.33. The first-order chi connectivity index (χ1) is 14.5. The summed E-state index contributed by atoms with van der Waals surface area (Å²) in [6.45, 7) is -0.547. The van der Waals surface area contributed by atoms with Crippen LogP contribution in [-0.2, 0) is 23.9 Å². The summed E-state index contributed by atoms with van der Waals surface area (Å²) in [7, 11) is 1.24. The van der Waals surface area contributed by atoms with E-state index in [1.165, 1.54) is 29.8 Å². The first-order valence-electron chi connectivity index (χ1n) is 9.22. The highest BCUT2D eigenvalue weighted by atomic mass is 32.2. The molecular weight excluding hydrogens is 408 g/mol. The van der Waals surface area contributed by atoms with E-state index in [9.17, 15) is 19.2 Å². The van der Waals surface area contributed by atoms with E-state index in [4.69, 9.17) is 9.47 Å². The first-order valence-corrected chi connectivity index (χ1v) is 10.0. The number of thioether (sulfide) groups is 1. The van der Waals surface area contributed by atoms with Crippen molar-refractivity contribution < 1.29 is 28.7 Å². The molecule has 30 heavy (non-hydrogen) atoms. The van der Waals surface area contributed by atoms with Gasteiger partial charge in [-0.2, -0.15) is 0 Å². The SMILES string of the molecule is COC(=O)c1ccccc1NC(=O)COC(=O)[C@]12CCC(=O)N1c1ccccc1S2. The van der Waals surface area contributed by atoms with Crippen LogP contribution in [0.2, 0.25) is 0 Å². The number of anilines is 2. The molecule has 0 spiro atoms. The molecule has 1 N–H and O–H groups in total. The lowest BCUT2D eigenvalue weighted by Gasteiger charge is -2.28. The summed E-state index contributed by atoms with van der Waals surface area (Å²) in [6, 6.07) is 13.6. The fourth-order valence-electron chi connectivity index (χ4n) is 3.58. The molecule has 4 rings (SSSR count). The number of benzene rings is 2. The van der Waals surface area contributed by atoms with Crippen LogP contribution in [0.15, 0.2) is 53.4 Å². The average molecular weight is 426 g/mol. The summed E-state index contributed by atoms with van der Waals surface area (Å²) in [5.41, 5.74) is 1.12. The van der Waals surface area contributed by atoms with Crippen LogP contribution in [0.1, 0.15) is 23.2 Å². The number of nitrogens with zero attached hydrogens (tertiary/aromatic N) is 1. The minimum atomic E-state index is -1.19. The second-order valence-corrected chi connectivity index (χ2v) is 8.06. The number of ether oxygens (including phenoxy) is 2. The van der Waals surface area contributed by atoms with Gasteiger partial charge in [0.15, 0.2) is 11.5 Å². The molecule has 2 heterocycles. The fraction of sp³-hybridized carbons (Fsp3) is 0.238. The molecule has 0 saturated carbocycles. The van der Waals surface area contributed by atoms with Crippen LogP contribution in [0, 0.1) is 0 Å². The molecule has 9 heteroatoms. The van der Waals surface area contributed by atoms with Gasteiger partial charge in [-0.1, -0.05) is 36.0 Å². The van der Waals surface area contributed by atoms with Crippen molar-refractivity contribution in [3.63, 3.8) is 0 Å². The fourth-order valence-corrected chi connectivity index (χ4v) is 4.99. The number of esters is 2. The van der Waals surface area contributed by atoms with Crippen LogP contribution in [-0.4, -0.2) is 42.3 Å². The molecule has 1 fully saturated rings. The smallest absolute Gasteiger partial charge is 0.344 e. The van der Waals surface area contributed by atoms with Crippen molar-refractivity contribution in [3.05, 3.63) is 54.1 Å². The van der Waals surface area contributed by atoms with Gasteiger partial charge in [-0.05, 0) is 24.3 Å². The Labute approximate surface area is 176 Å². The third kappa shape index (κ3) is 3.30. The normalized spacial score (nSPS) is 19.1. The Kier molecular flexibility index (Phi) is 5.21. The number of hydrogen-bond acceptors (Lipinski definition) is 7. The number of rotatable bonds is 5. The lowest BCUT2D eigenvalue weighted by molar-refractivity contribution is -0.149. The number of para-hydroxylation sites is 2. The molecule has 2 aliphatic rings. The van der Waals surface area contributed by atoms with Crippen LogP contribution in [0.4, 0.5) is 11.4 Å². The maximum absolute atomic E-state index is 13.0. The van der Waals surface area contributed by atoms with E-state index in [2.05, 4.69) is 5.32 Å². The van der Waals surface area contributed by atoms with Gasteiger partial charge < -0.3 is 14.8 Å². The number of methoxy groups -OCH3 is 1. The minimum absolute atomic E-state index is 0.152. The summed E-state index contributed by atoms with van der Waals surface area (Å²) in [4.78, 5) is 50.6. The highest BCUT2D eigenvalue weighted by Gasteiger charge is 2.58. The molecule has 1 saturated heterocycles. The van der Waals surface area contributed by atoms with Crippen LogP contribution >= 0.6 is 11.8 Å². The minimum Gasteiger partial charge on any atom is -0.465 e. The van der Waals surface area contributed by atoms with Crippen molar-refractivity contribution in [1.82, 2.24) is 0 Å². The summed E-state index contributed by atoms with van der Waals surface area (Å²) in [5, 5.41) is 2.55. The van der Waals surface area contributed by atoms with Gasteiger partial charge in [0, 0.05) is 17.7 Å². The zero-order valence-electron chi connectivity index (χ0n) is 16.0. The summed E-state index contributed by atoms with van der Waals surface area (Å²) < 4.78 is 9.98. The van der Waals surface area contributed by atoms with Crippen molar-refractivity contribution >= 4 is 46.9 Å². The van der Waals surface area contributed by atoms with Crippen molar-refractivity contribution in [2.75, 3.05) is 23.9 Å². The molecule has 0 aliphatic carbocycles. The summed E-state index contributed by atoms with van der Waals surface area (Å²) in [6.07, 6.45) is 0.534. The van der Waals surface area contributed by atoms with E-state index in [0.717, 1.165) is 4.90 Å². The topological polar surface area (TPSA) is 102 Å². The van der Waals surface area contributed by atoms with Gasteiger partial charge in [0.05, 0.1) is 24.0 Å². The molecule has 0 radical (unpaired) electrons. The molecular formula is C21H18N2O6S. The van der Waals surface area contributed by atoms with Gasteiger partial charge in [0.2, 0.25) is 5.91 Å². The maximum atomic E-state index is 13.0. The Morgan fingerprint density at radius 1 is 1.13 bits per heavy atom. The number of nitrogens with one attached hydrogen (secondary N) is 1. The second-order valence-electron chi connectivity index (χ2n) is 6.74. The maximum Gasteiger partial charge on any atom is 0.344 e. The van der Waals surface area contributed by atoms with E-state index < -0.39 is 29.3 Å². The lowest BCUT2D eigenvalue weighted by Crippen LogP contribution is -2.48. The third-order valence-corrected chi connectivity index (χ3v) is 6.39. The molecule has 2 aliphatic heterocycles. The molecule has 0 aromatic heterocycles. The molecule has 2 amide bonds. The Morgan fingerprint density at radius 2 is 1.87 bits per heavy atom. The molecule has 1 atom stereocenters. The van der Waals surface area contributed by atoms with E-state index in [-0.39, 0.29) is 23.6 Å². The van der Waals surface area contributed by atoms with Gasteiger partial charge in [0.1, 0.15) is 0 Å². The van der Waals surface area contributed by atoms with Crippen molar-refractivity contribution in [2.45, 2.75) is 22.6 Å². The monoisotopic (exact) mass is 426 g/mol. The van der Waals surface area contributed by atoms with Crippen LogP contribution in [0.3, 0.4) is 0 Å².